The van der Waals surface area contributed by atoms with Gasteiger partial charge in [-0.1, -0.05) is 67.8 Å². The van der Waals surface area contributed by atoms with Gasteiger partial charge in [0.05, 0.1) is 0 Å². The second-order valence-electron chi connectivity index (χ2n) is 5.23. The maximum absolute atomic E-state index is 3.76. The quantitative estimate of drug-likeness (QED) is 0.405. The van der Waals surface area contributed by atoms with Crippen LogP contribution in [0.15, 0.2) is 55.1 Å². The van der Waals surface area contributed by atoms with Crippen molar-refractivity contribution >= 4 is 10.8 Å². The Hall–Kier alpha value is -1.56. The van der Waals surface area contributed by atoms with E-state index in [2.05, 4.69) is 49.0 Å². The van der Waals surface area contributed by atoms with Gasteiger partial charge in [-0.3, -0.25) is 0 Å². The van der Waals surface area contributed by atoms with Crippen LogP contribution in [0.25, 0.3) is 10.8 Å². The van der Waals surface area contributed by atoms with Gasteiger partial charge in [0.25, 0.3) is 0 Å². The molecule has 0 N–H and O–H groups in total. The molecule has 0 amide bonds. The molecule has 0 heterocycles. The summed E-state index contributed by atoms with van der Waals surface area (Å²) in [5, 5.41) is 2.79. The van der Waals surface area contributed by atoms with Crippen molar-refractivity contribution in [3.8, 4) is 0 Å². The highest BCUT2D eigenvalue weighted by Gasteiger charge is 1.99. The molecule has 0 aromatic heterocycles. The van der Waals surface area contributed by atoms with E-state index in [9.17, 15) is 0 Å². The zero-order valence-corrected chi connectivity index (χ0v) is 11.8. The standard InChI is InChI=1S/C19H24/c1-2-3-4-5-6-7-8-12-17-14-11-15-18-13-9-10-16-19(17)18/h2,9-11,13-16H,1,3-8,12H2. The Bertz CT molecular complexity index is 505. The van der Waals surface area contributed by atoms with Gasteiger partial charge in [-0.2, -0.15) is 0 Å². The van der Waals surface area contributed by atoms with Gasteiger partial charge < -0.3 is 0 Å². The van der Waals surface area contributed by atoms with Crippen LogP contribution in [0.4, 0.5) is 0 Å². The molecule has 2 aromatic rings. The van der Waals surface area contributed by atoms with Crippen molar-refractivity contribution in [3.63, 3.8) is 0 Å². The first-order chi connectivity index (χ1) is 9.42. The average Bonchev–Trinajstić information content (AvgIpc) is 2.46. The Labute approximate surface area is 117 Å². The predicted molar refractivity (Wildman–Crippen MR) is 85.6 cm³/mol. The Kier molecular flexibility index (Phi) is 5.68. The van der Waals surface area contributed by atoms with Crippen molar-refractivity contribution < 1.29 is 0 Å². The van der Waals surface area contributed by atoms with Crippen LogP contribution in [0.2, 0.25) is 0 Å². The van der Waals surface area contributed by atoms with Gasteiger partial charge in [-0.05, 0) is 42.0 Å². The number of fused-ring (bicyclic) bond motifs is 1. The predicted octanol–water partition coefficient (Wildman–Crippen LogP) is 5.91. The van der Waals surface area contributed by atoms with Crippen molar-refractivity contribution in [3.05, 3.63) is 60.7 Å². The second-order valence-corrected chi connectivity index (χ2v) is 5.23. The Balaban J connectivity index is 1.80. The second kappa shape index (κ2) is 7.78. The molecule has 0 saturated heterocycles. The normalized spacial score (nSPS) is 10.7. The molecule has 0 atom stereocenters. The van der Waals surface area contributed by atoms with Crippen LogP contribution in [0.5, 0.6) is 0 Å². The molecule has 19 heavy (non-hydrogen) atoms. The van der Waals surface area contributed by atoms with Gasteiger partial charge in [-0.25, -0.2) is 0 Å². The smallest absolute Gasteiger partial charge is 0.0152 e. The monoisotopic (exact) mass is 252 g/mol. The molecular weight excluding hydrogens is 228 g/mol. The molecule has 0 fully saturated rings. The van der Waals surface area contributed by atoms with Gasteiger partial charge in [0.15, 0.2) is 0 Å². The fraction of sp³-hybridized carbons (Fsp3) is 0.368. The summed E-state index contributed by atoms with van der Waals surface area (Å²) in [4.78, 5) is 0. The van der Waals surface area contributed by atoms with E-state index >= 15 is 0 Å². The fourth-order valence-electron chi connectivity index (χ4n) is 2.64. The molecule has 0 aliphatic heterocycles. The minimum atomic E-state index is 1.17. The first-order valence-electron chi connectivity index (χ1n) is 7.49. The lowest BCUT2D eigenvalue weighted by Gasteiger charge is -2.06. The molecule has 100 valence electrons. The van der Waals surface area contributed by atoms with Gasteiger partial charge in [0.2, 0.25) is 0 Å². The summed E-state index contributed by atoms with van der Waals surface area (Å²) in [6.07, 6.45) is 11.1. The van der Waals surface area contributed by atoms with Crippen LogP contribution in [-0.2, 0) is 6.42 Å². The summed E-state index contributed by atoms with van der Waals surface area (Å²) in [7, 11) is 0. The Morgan fingerprint density at radius 1 is 0.789 bits per heavy atom. The number of benzene rings is 2. The zero-order chi connectivity index (χ0) is 13.3. The molecule has 0 aliphatic rings. The van der Waals surface area contributed by atoms with E-state index in [1.54, 1.807) is 0 Å². The van der Waals surface area contributed by atoms with Crippen LogP contribution >= 0.6 is 0 Å². The molecule has 0 spiro atoms. The number of hydrogen-bond donors (Lipinski definition) is 0. The largest absolute Gasteiger partial charge is 0.103 e. The third-order valence-corrected chi connectivity index (χ3v) is 3.73. The van der Waals surface area contributed by atoms with E-state index < -0.39 is 0 Å². The van der Waals surface area contributed by atoms with Crippen LogP contribution in [0.1, 0.15) is 44.1 Å². The molecule has 0 bridgehead atoms. The SMILES string of the molecule is C=CCCCCCCCc1cccc2ccccc12. The van der Waals surface area contributed by atoms with Crippen molar-refractivity contribution in [2.24, 2.45) is 0 Å². The number of unbranched alkanes of at least 4 members (excludes halogenated alkanes) is 5. The van der Waals surface area contributed by atoms with Crippen molar-refractivity contribution in [2.45, 2.75) is 44.9 Å². The summed E-state index contributed by atoms with van der Waals surface area (Å²) >= 11 is 0. The van der Waals surface area contributed by atoms with Crippen LogP contribution in [0, 0.1) is 0 Å². The van der Waals surface area contributed by atoms with Crippen molar-refractivity contribution in [2.75, 3.05) is 0 Å². The van der Waals surface area contributed by atoms with E-state index in [-0.39, 0.29) is 0 Å². The lowest BCUT2D eigenvalue weighted by atomic mass is 9.99. The average molecular weight is 252 g/mol. The molecular formula is C19H24. The van der Waals surface area contributed by atoms with Crippen LogP contribution in [0.3, 0.4) is 0 Å². The summed E-state index contributed by atoms with van der Waals surface area (Å²) in [5.74, 6) is 0. The Morgan fingerprint density at radius 2 is 1.53 bits per heavy atom. The molecule has 0 nitrogen and oxygen atoms in total. The third kappa shape index (κ3) is 4.24. The zero-order valence-electron chi connectivity index (χ0n) is 11.8. The Morgan fingerprint density at radius 3 is 2.42 bits per heavy atom. The van der Waals surface area contributed by atoms with Gasteiger partial charge in [0.1, 0.15) is 0 Å². The van der Waals surface area contributed by atoms with Crippen LogP contribution < -0.4 is 0 Å². The molecule has 0 radical (unpaired) electrons. The van der Waals surface area contributed by atoms with E-state index in [4.69, 9.17) is 0 Å². The molecule has 2 aromatic carbocycles. The lowest BCUT2D eigenvalue weighted by molar-refractivity contribution is 0.618. The number of allylic oxidation sites excluding steroid dienone is 1. The molecule has 0 aliphatic carbocycles. The van der Waals surface area contributed by atoms with Crippen molar-refractivity contribution in [1.29, 1.82) is 0 Å². The van der Waals surface area contributed by atoms with Gasteiger partial charge in [0, 0.05) is 0 Å². The molecule has 0 heteroatoms. The molecule has 0 unspecified atom stereocenters. The first-order valence-corrected chi connectivity index (χ1v) is 7.49. The fourth-order valence-corrected chi connectivity index (χ4v) is 2.64. The third-order valence-electron chi connectivity index (χ3n) is 3.73. The minimum absolute atomic E-state index is 1.17. The van der Waals surface area contributed by atoms with E-state index in [1.807, 2.05) is 6.08 Å². The van der Waals surface area contributed by atoms with Gasteiger partial charge in [-0.15, -0.1) is 6.58 Å². The van der Waals surface area contributed by atoms with Crippen molar-refractivity contribution in [1.82, 2.24) is 0 Å². The summed E-state index contributed by atoms with van der Waals surface area (Å²) in [6, 6.07) is 15.4. The molecule has 0 saturated carbocycles. The van der Waals surface area contributed by atoms with Gasteiger partial charge >= 0.3 is 0 Å². The highest BCUT2D eigenvalue weighted by atomic mass is 14.0. The maximum Gasteiger partial charge on any atom is -0.0152 e. The lowest BCUT2D eigenvalue weighted by Crippen LogP contribution is -1.88. The first kappa shape index (κ1) is 13.9. The minimum Gasteiger partial charge on any atom is -0.103 e. The number of hydrogen-bond acceptors (Lipinski definition) is 0. The van der Waals surface area contributed by atoms with E-state index in [0.29, 0.717) is 0 Å². The summed E-state index contributed by atoms with van der Waals surface area (Å²) in [5.41, 5.74) is 1.50. The van der Waals surface area contributed by atoms with E-state index in [0.717, 1.165) is 0 Å². The van der Waals surface area contributed by atoms with E-state index in [1.165, 1.54) is 61.3 Å². The highest BCUT2D eigenvalue weighted by molar-refractivity contribution is 5.85. The van der Waals surface area contributed by atoms with Crippen LogP contribution in [-0.4, -0.2) is 0 Å². The summed E-state index contributed by atoms with van der Waals surface area (Å²) < 4.78 is 0. The molecule has 2 rings (SSSR count). The topological polar surface area (TPSA) is 0 Å². The highest BCUT2D eigenvalue weighted by Crippen LogP contribution is 2.20. The number of rotatable bonds is 8. The number of aryl methyl sites for hydroxylation is 1. The summed E-state index contributed by atoms with van der Waals surface area (Å²) in [6.45, 7) is 3.76. The maximum atomic E-state index is 3.76.